The van der Waals surface area contributed by atoms with Gasteiger partial charge in [-0.25, -0.2) is 0 Å². The second kappa shape index (κ2) is 6.89. The Morgan fingerprint density at radius 3 is 2.12 bits per heavy atom. The number of aliphatic hydroxyl groups excluding tert-OH is 1. The number of nitrogens with one attached hydrogen (secondary N) is 1. The van der Waals surface area contributed by atoms with Crippen molar-refractivity contribution in [1.29, 1.82) is 0 Å². The molecule has 0 saturated heterocycles. The summed E-state index contributed by atoms with van der Waals surface area (Å²) >= 11 is 0. The van der Waals surface area contributed by atoms with Crippen molar-refractivity contribution in [2.45, 2.75) is 60.0 Å². The number of carbonyl (C=O) groups is 1. The van der Waals surface area contributed by atoms with Crippen LogP contribution in [0.3, 0.4) is 0 Å². The van der Waals surface area contributed by atoms with E-state index < -0.39 is 6.10 Å². The fraction of sp³-hybridized carbons (Fsp3) is 0.923. The average Bonchev–Trinajstić information content (AvgIpc) is 2.20. The van der Waals surface area contributed by atoms with Crippen LogP contribution in [0.2, 0.25) is 0 Å². The van der Waals surface area contributed by atoms with Gasteiger partial charge in [0.1, 0.15) is 0 Å². The molecule has 0 bridgehead atoms. The van der Waals surface area contributed by atoms with E-state index in [2.05, 4.69) is 19.2 Å². The molecule has 0 fully saturated rings. The highest BCUT2D eigenvalue weighted by Gasteiger charge is 2.22. The second-order valence-electron chi connectivity index (χ2n) is 5.57. The summed E-state index contributed by atoms with van der Waals surface area (Å²) in [5.41, 5.74) is -0.178. The Kier molecular flexibility index (Phi) is 6.65. The Labute approximate surface area is 99.6 Å². The van der Waals surface area contributed by atoms with Crippen LogP contribution in [0.15, 0.2) is 0 Å². The summed E-state index contributed by atoms with van der Waals surface area (Å²) in [6, 6.07) is 0. The molecule has 0 aromatic heterocycles. The molecule has 2 N–H and O–H groups in total. The maximum atomic E-state index is 11.6. The predicted octanol–water partition coefficient (Wildman–Crippen LogP) is 2.34. The van der Waals surface area contributed by atoms with Crippen molar-refractivity contribution in [1.82, 2.24) is 5.32 Å². The maximum Gasteiger partial charge on any atom is 0.220 e. The van der Waals surface area contributed by atoms with Crippen LogP contribution in [0.4, 0.5) is 0 Å². The molecule has 0 aliphatic carbocycles. The molecule has 1 amide bonds. The van der Waals surface area contributed by atoms with Gasteiger partial charge < -0.3 is 10.4 Å². The van der Waals surface area contributed by atoms with Gasteiger partial charge in [-0.3, -0.25) is 4.79 Å². The molecular weight excluding hydrogens is 202 g/mol. The number of aliphatic hydroxyl groups is 1. The summed E-state index contributed by atoms with van der Waals surface area (Å²) in [7, 11) is 0. The molecule has 0 aromatic rings. The SMILES string of the molecule is CCC(CC)CC(=O)NCC(O)C(C)(C)C. The van der Waals surface area contributed by atoms with Crippen molar-refractivity contribution >= 4 is 5.91 Å². The van der Waals surface area contributed by atoms with Crippen LogP contribution >= 0.6 is 0 Å². The third kappa shape index (κ3) is 6.11. The van der Waals surface area contributed by atoms with Crippen LogP contribution in [-0.2, 0) is 4.79 Å². The quantitative estimate of drug-likeness (QED) is 0.734. The number of hydrogen-bond acceptors (Lipinski definition) is 2. The molecular formula is C13H27NO2. The van der Waals surface area contributed by atoms with Crippen LogP contribution in [-0.4, -0.2) is 23.7 Å². The minimum absolute atomic E-state index is 0.0528. The van der Waals surface area contributed by atoms with E-state index in [1.807, 2.05) is 20.8 Å². The molecule has 3 nitrogen and oxygen atoms in total. The molecule has 0 rings (SSSR count). The van der Waals surface area contributed by atoms with E-state index >= 15 is 0 Å². The molecule has 0 aliphatic rings. The minimum atomic E-state index is -0.488. The molecule has 1 unspecified atom stereocenters. The van der Waals surface area contributed by atoms with Crippen molar-refractivity contribution in [3.63, 3.8) is 0 Å². The van der Waals surface area contributed by atoms with Crippen molar-refractivity contribution < 1.29 is 9.90 Å². The third-order valence-electron chi connectivity index (χ3n) is 3.12. The van der Waals surface area contributed by atoms with Gasteiger partial charge in [0, 0.05) is 13.0 Å². The van der Waals surface area contributed by atoms with Crippen LogP contribution in [0.1, 0.15) is 53.9 Å². The summed E-state index contributed by atoms with van der Waals surface area (Å²) in [5, 5.41) is 12.6. The van der Waals surface area contributed by atoms with Crippen LogP contribution in [0, 0.1) is 11.3 Å². The van der Waals surface area contributed by atoms with Gasteiger partial charge in [0.05, 0.1) is 6.10 Å². The molecule has 0 aromatic carbocycles. The number of rotatable bonds is 6. The van der Waals surface area contributed by atoms with Gasteiger partial charge >= 0.3 is 0 Å². The summed E-state index contributed by atoms with van der Waals surface area (Å²) in [6.07, 6.45) is 2.15. The van der Waals surface area contributed by atoms with Crippen molar-refractivity contribution in [2.24, 2.45) is 11.3 Å². The van der Waals surface area contributed by atoms with Crippen LogP contribution in [0.25, 0.3) is 0 Å². The van der Waals surface area contributed by atoms with Gasteiger partial charge in [-0.05, 0) is 11.3 Å². The van der Waals surface area contributed by atoms with E-state index in [9.17, 15) is 9.90 Å². The zero-order valence-corrected chi connectivity index (χ0v) is 11.3. The average molecular weight is 229 g/mol. The lowest BCUT2D eigenvalue weighted by Crippen LogP contribution is -2.39. The Balaban J connectivity index is 3.90. The van der Waals surface area contributed by atoms with Crippen LogP contribution < -0.4 is 5.32 Å². The lowest BCUT2D eigenvalue weighted by molar-refractivity contribution is -0.122. The topological polar surface area (TPSA) is 49.3 Å². The lowest BCUT2D eigenvalue weighted by atomic mass is 9.89. The van der Waals surface area contributed by atoms with Gasteiger partial charge in [0.15, 0.2) is 0 Å². The molecule has 0 aliphatic heterocycles. The monoisotopic (exact) mass is 229 g/mol. The Bertz CT molecular complexity index is 204. The highest BCUT2D eigenvalue weighted by atomic mass is 16.3. The summed E-state index contributed by atoms with van der Waals surface area (Å²) in [5.74, 6) is 0.517. The zero-order valence-electron chi connectivity index (χ0n) is 11.3. The summed E-state index contributed by atoms with van der Waals surface area (Å²) in [6.45, 7) is 10.4. The van der Waals surface area contributed by atoms with Crippen molar-refractivity contribution in [3.05, 3.63) is 0 Å². The van der Waals surface area contributed by atoms with Gasteiger partial charge in [0.25, 0.3) is 0 Å². The van der Waals surface area contributed by atoms with E-state index in [0.29, 0.717) is 18.9 Å². The Hall–Kier alpha value is -0.570. The molecule has 16 heavy (non-hydrogen) atoms. The van der Waals surface area contributed by atoms with E-state index in [-0.39, 0.29) is 11.3 Å². The molecule has 0 heterocycles. The van der Waals surface area contributed by atoms with Crippen molar-refractivity contribution in [3.8, 4) is 0 Å². The van der Waals surface area contributed by atoms with Gasteiger partial charge in [-0.2, -0.15) is 0 Å². The number of amides is 1. The first-order chi connectivity index (χ1) is 7.31. The standard InChI is InChI=1S/C13H27NO2/c1-6-10(7-2)8-12(16)14-9-11(15)13(3,4)5/h10-11,15H,6-9H2,1-5H3,(H,14,16). The van der Waals surface area contributed by atoms with Gasteiger partial charge in [-0.15, -0.1) is 0 Å². The van der Waals surface area contributed by atoms with Crippen molar-refractivity contribution in [2.75, 3.05) is 6.54 Å². The fourth-order valence-electron chi connectivity index (χ4n) is 1.43. The molecule has 3 heteroatoms. The van der Waals surface area contributed by atoms with E-state index in [1.54, 1.807) is 0 Å². The number of hydrogen-bond donors (Lipinski definition) is 2. The minimum Gasteiger partial charge on any atom is -0.391 e. The lowest BCUT2D eigenvalue weighted by Gasteiger charge is -2.26. The second-order valence-corrected chi connectivity index (χ2v) is 5.57. The highest BCUT2D eigenvalue weighted by molar-refractivity contribution is 5.76. The third-order valence-corrected chi connectivity index (χ3v) is 3.12. The van der Waals surface area contributed by atoms with Crippen LogP contribution in [0.5, 0.6) is 0 Å². The maximum absolute atomic E-state index is 11.6. The summed E-state index contributed by atoms with van der Waals surface area (Å²) < 4.78 is 0. The smallest absolute Gasteiger partial charge is 0.220 e. The first-order valence-electron chi connectivity index (χ1n) is 6.26. The first kappa shape index (κ1) is 15.4. The molecule has 96 valence electrons. The first-order valence-corrected chi connectivity index (χ1v) is 6.26. The Morgan fingerprint density at radius 2 is 1.75 bits per heavy atom. The molecule has 0 saturated carbocycles. The number of carbonyl (C=O) groups excluding carboxylic acids is 1. The zero-order chi connectivity index (χ0) is 12.8. The Morgan fingerprint density at radius 1 is 1.25 bits per heavy atom. The van der Waals surface area contributed by atoms with E-state index in [0.717, 1.165) is 12.8 Å². The fourth-order valence-corrected chi connectivity index (χ4v) is 1.43. The largest absolute Gasteiger partial charge is 0.391 e. The normalized spacial score (nSPS) is 13.9. The molecule has 0 radical (unpaired) electrons. The van der Waals surface area contributed by atoms with E-state index in [4.69, 9.17) is 0 Å². The molecule has 0 spiro atoms. The predicted molar refractivity (Wildman–Crippen MR) is 67.2 cm³/mol. The highest BCUT2D eigenvalue weighted by Crippen LogP contribution is 2.18. The van der Waals surface area contributed by atoms with E-state index in [1.165, 1.54) is 0 Å². The van der Waals surface area contributed by atoms with Gasteiger partial charge in [0.2, 0.25) is 5.91 Å². The van der Waals surface area contributed by atoms with Gasteiger partial charge in [-0.1, -0.05) is 47.5 Å². The molecule has 1 atom stereocenters. The summed E-state index contributed by atoms with van der Waals surface area (Å²) in [4.78, 5) is 11.6.